The summed E-state index contributed by atoms with van der Waals surface area (Å²) in [5, 5.41) is 0. The van der Waals surface area contributed by atoms with Gasteiger partial charge in [0, 0.05) is 12.8 Å². The maximum Gasteiger partial charge on any atom is 0.472 e. The fraction of sp³-hybridized carbons (Fsp3) is 0.824. The molecule has 0 heterocycles. The molecular formula is C34H63O8P. The molecule has 0 aliphatic rings. The maximum atomic E-state index is 12.4. The lowest BCUT2D eigenvalue weighted by atomic mass is 10.1. The number of phosphoric ester groups is 1. The zero-order valence-corrected chi connectivity index (χ0v) is 28.5. The minimum atomic E-state index is -4.27. The topological polar surface area (TPSA) is 108 Å². The Balaban J connectivity index is 4.23. The zero-order valence-electron chi connectivity index (χ0n) is 27.6. The second-order valence-electron chi connectivity index (χ2n) is 11.2. The summed E-state index contributed by atoms with van der Waals surface area (Å²) in [6.45, 7) is 5.35. The highest BCUT2D eigenvalue weighted by Crippen LogP contribution is 2.43. The van der Waals surface area contributed by atoms with E-state index >= 15 is 0 Å². The Morgan fingerprint density at radius 3 is 1.74 bits per heavy atom. The van der Waals surface area contributed by atoms with Crippen LogP contribution in [0.15, 0.2) is 24.3 Å². The molecule has 1 N–H and O–H groups in total. The molecule has 0 saturated carbocycles. The van der Waals surface area contributed by atoms with Crippen molar-refractivity contribution in [3.8, 4) is 0 Å². The van der Waals surface area contributed by atoms with Gasteiger partial charge in [-0.25, -0.2) is 4.57 Å². The lowest BCUT2D eigenvalue weighted by molar-refractivity contribution is -0.161. The van der Waals surface area contributed by atoms with Crippen LogP contribution >= 0.6 is 7.82 Å². The Bertz CT molecular complexity index is 767. The van der Waals surface area contributed by atoms with Crippen molar-refractivity contribution in [1.29, 1.82) is 0 Å². The molecule has 0 aromatic rings. The number of allylic oxidation sites excluding steroid dienone is 4. The van der Waals surface area contributed by atoms with Crippen molar-refractivity contribution >= 4 is 19.8 Å². The summed E-state index contributed by atoms with van der Waals surface area (Å²) in [4.78, 5) is 34.4. The van der Waals surface area contributed by atoms with E-state index in [1.165, 1.54) is 51.4 Å². The Morgan fingerprint density at radius 1 is 0.628 bits per heavy atom. The Morgan fingerprint density at radius 2 is 1.16 bits per heavy atom. The third-order valence-corrected chi connectivity index (χ3v) is 8.05. The molecule has 0 spiro atoms. The maximum absolute atomic E-state index is 12.4. The molecular weight excluding hydrogens is 567 g/mol. The van der Waals surface area contributed by atoms with Crippen molar-refractivity contribution in [1.82, 2.24) is 0 Å². The molecule has 8 nitrogen and oxygen atoms in total. The number of unbranched alkanes of at least 4 members (excludes halogenated alkanes) is 15. The number of carbonyl (C=O) groups is 2. The molecule has 0 aliphatic carbocycles. The van der Waals surface area contributed by atoms with Crippen LogP contribution in [0.4, 0.5) is 0 Å². The largest absolute Gasteiger partial charge is 0.472 e. The highest BCUT2D eigenvalue weighted by atomic mass is 31.2. The van der Waals surface area contributed by atoms with Crippen molar-refractivity contribution in [2.45, 2.75) is 162 Å². The van der Waals surface area contributed by atoms with Gasteiger partial charge in [0.15, 0.2) is 6.10 Å². The first-order valence-corrected chi connectivity index (χ1v) is 18.6. The first kappa shape index (κ1) is 41.5. The molecule has 0 radical (unpaired) electrons. The van der Waals surface area contributed by atoms with Crippen LogP contribution in [-0.4, -0.2) is 42.8 Å². The van der Waals surface area contributed by atoms with Gasteiger partial charge in [-0.15, -0.1) is 0 Å². The van der Waals surface area contributed by atoms with Crippen LogP contribution in [0.3, 0.4) is 0 Å². The van der Waals surface area contributed by atoms with Gasteiger partial charge in [0.2, 0.25) is 0 Å². The van der Waals surface area contributed by atoms with Crippen molar-refractivity contribution < 1.29 is 37.6 Å². The van der Waals surface area contributed by atoms with Gasteiger partial charge in [-0.05, 0) is 45.4 Å². The van der Waals surface area contributed by atoms with E-state index in [9.17, 15) is 19.0 Å². The van der Waals surface area contributed by atoms with Crippen molar-refractivity contribution in [2.75, 3.05) is 19.8 Å². The Labute approximate surface area is 263 Å². The number of phosphoric acid groups is 1. The molecule has 252 valence electrons. The molecule has 0 rings (SSSR count). The molecule has 0 saturated heterocycles. The van der Waals surface area contributed by atoms with Gasteiger partial charge in [0.25, 0.3) is 0 Å². The molecule has 2 unspecified atom stereocenters. The number of rotatable bonds is 31. The summed E-state index contributed by atoms with van der Waals surface area (Å²) in [6.07, 6.45) is 29.5. The number of hydrogen-bond acceptors (Lipinski definition) is 7. The van der Waals surface area contributed by atoms with E-state index in [-0.39, 0.29) is 25.6 Å². The fourth-order valence-corrected chi connectivity index (χ4v) is 5.24. The molecule has 0 fully saturated rings. The molecule has 0 aliphatic heterocycles. The monoisotopic (exact) mass is 630 g/mol. The van der Waals surface area contributed by atoms with Gasteiger partial charge >= 0.3 is 19.8 Å². The van der Waals surface area contributed by atoms with E-state index in [1.54, 1.807) is 6.92 Å². The molecule has 0 aromatic carbocycles. The molecule has 0 amide bonds. The second kappa shape index (κ2) is 30.6. The predicted octanol–water partition coefficient (Wildman–Crippen LogP) is 9.94. The SMILES string of the molecule is CCC/C=C\C/C=C\CCCCCCCC(=O)OC(COC(=O)CCCCCCCCCCCC)COP(=O)(O)OCC. The van der Waals surface area contributed by atoms with Crippen molar-refractivity contribution in [2.24, 2.45) is 0 Å². The van der Waals surface area contributed by atoms with Gasteiger partial charge in [-0.3, -0.25) is 18.6 Å². The summed E-state index contributed by atoms with van der Waals surface area (Å²) in [5.74, 6) is -0.817. The van der Waals surface area contributed by atoms with Crippen LogP contribution in [0.2, 0.25) is 0 Å². The zero-order chi connectivity index (χ0) is 31.9. The summed E-state index contributed by atoms with van der Waals surface area (Å²) >= 11 is 0. The Hall–Kier alpha value is -1.47. The van der Waals surface area contributed by atoms with E-state index in [4.69, 9.17) is 18.5 Å². The van der Waals surface area contributed by atoms with E-state index < -0.39 is 26.5 Å². The molecule has 43 heavy (non-hydrogen) atoms. The highest BCUT2D eigenvalue weighted by Gasteiger charge is 2.25. The van der Waals surface area contributed by atoms with Gasteiger partial charge < -0.3 is 14.4 Å². The van der Waals surface area contributed by atoms with E-state index in [2.05, 4.69) is 38.2 Å². The Kier molecular flexibility index (Phi) is 29.5. The van der Waals surface area contributed by atoms with Crippen LogP contribution in [0.1, 0.15) is 156 Å². The summed E-state index contributed by atoms with van der Waals surface area (Å²) < 4.78 is 32.4. The lowest BCUT2D eigenvalue weighted by Gasteiger charge is -2.19. The molecule has 2 atom stereocenters. The quantitative estimate of drug-likeness (QED) is 0.0349. The highest BCUT2D eigenvalue weighted by molar-refractivity contribution is 7.47. The minimum Gasteiger partial charge on any atom is -0.462 e. The lowest BCUT2D eigenvalue weighted by Crippen LogP contribution is -2.29. The average molecular weight is 631 g/mol. The van der Waals surface area contributed by atoms with Crippen LogP contribution in [0.25, 0.3) is 0 Å². The van der Waals surface area contributed by atoms with Crippen LogP contribution in [0, 0.1) is 0 Å². The van der Waals surface area contributed by atoms with Crippen molar-refractivity contribution in [3.05, 3.63) is 24.3 Å². The number of hydrogen-bond donors (Lipinski definition) is 1. The fourth-order valence-electron chi connectivity index (χ4n) is 4.49. The van der Waals surface area contributed by atoms with E-state index in [1.807, 2.05) is 0 Å². The third kappa shape index (κ3) is 30.3. The average Bonchev–Trinajstić information content (AvgIpc) is 2.97. The van der Waals surface area contributed by atoms with Gasteiger partial charge in [0.05, 0.1) is 13.2 Å². The van der Waals surface area contributed by atoms with Crippen LogP contribution in [-0.2, 0) is 32.7 Å². The third-order valence-electron chi connectivity index (χ3n) is 6.99. The molecule has 9 heteroatoms. The van der Waals surface area contributed by atoms with Crippen LogP contribution < -0.4 is 0 Å². The van der Waals surface area contributed by atoms with Gasteiger partial charge in [-0.2, -0.15) is 0 Å². The number of carbonyl (C=O) groups excluding carboxylic acids is 2. The number of esters is 2. The van der Waals surface area contributed by atoms with E-state index in [0.29, 0.717) is 12.8 Å². The molecule has 0 bridgehead atoms. The summed E-state index contributed by atoms with van der Waals surface area (Å²) in [7, 11) is -4.27. The van der Waals surface area contributed by atoms with Gasteiger partial charge in [0.1, 0.15) is 6.61 Å². The first-order chi connectivity index (χ1) is 20.8. The predicted molar refractivity (Wildman–Crippen MR) is 175 cm³/mol. The summed E-state index contributed by atoms with van der Waals surface area (Å²) in [6, 6.07) is 0. The first-order valence-electron chi connectivity index (χ1n) is 17.1. The molecule has 0 aromatic heterocycles. The minimum absolute atomic E-state index is 0.00124. The van der Waals surface area contributed by atoms with Crippen molar-refractivity contribution in [3.63, 3.8) is 0 Å². The van der Waals surface area contributed by atoms with E-state index in [0.717, 1.165) is 64.2 Å². The normalized spacial score (nSPS) is 13.9. The van der Waals surface area contributed by atoms with Crippen LogP contribution in [0.5, 0.6) is 0 Å². The number of ether oxygens (including phenoxy) is 2. The smallest absolute Gasteiger partial charge is 0.462 e. The summed E-state index contributed by atoms with van der Waals surface area (Å²) in [5.41, 5.74) is 0. The standard InChI is InChI=1S/C34H63O8P/c1-4-7-9-11-13-15-17-18-19-21-23-25-27-29-34(36)42-32(31-41-43(37,38)40-6-3)30-39-33(35)28-26-24-22-20-16-14-12-10-8-5-2/h9,11,15,17,32H,4-8,10,12-14,16,18-31H2,1-3H3,(H,37,38)/b11-9-,17-15-. The van der Waals surface area contributed by atoms with Gasteiger partial charge in [-0.1, -0.05) is 122 Å². The second-order valence-corrected chi connectivity index (χ2v) is 12.6.